The standard InChI is InChI=1S/C19H17N3O3/c20-18(23)16-10-13-8-4-5-9-15(13)22(16)19(24)14-11-17(25-21-14)12-6-2-1-3-7-12/h1-9,16-17H,10-11H2,(H2,20,23)/t16-,17?/m0/s1. The summed E-state index contributed by atoms with van der Waals surface area (Å²) in [6.07, 6.45) is 0.505. The van der Waals surface area contributed by atoms with Crippen molar-refractivity contribution in [3.8, 4) is 0 Å². The third-order valence-corrected chi connectivity index (χ3v) is 4.61. The molecule has 6 nitrogen and oxygen atoms in total. The van der Waals surface area contributed by atoms with Crippen LogP contribution < -0.4 is 10.6 Å². The van der Waals surface area contributed by atoms with Gasteiger partial charge in [-0.1, -0.05) is 53.7 Å². The van der Waals surface area contributed by atoms with Crippen LogP contribution in [0.25, 0.3) is 0 Å². The zero-order chi connectivity index (χ0) is 17.4. The molecule has 2 aliphatic heterocycles. The molecule has 0 saturated carbocycles. The summed E-state index contributed by atoms with van der Waals surface area (Å²) in [5.74, 6) is -0.851. The number of carbonyl (C=O) groups excluding carboxylic acids is 2. The largest absolute Gasteiger partial charge is 0.387 e. The predicted molar refractivity (Wildman–Crippen MR) is 92.9 cm³/mol. The number of anilines is 1. The number of hydrogen-bond acceptors (Lipinski definition) is 4. The molecule has 0 spiro atoms. The van der Waals surface area contributed by atoms with Gasteiger partial charge in [-0.25, -0.2) is 0 Å². The molecule has 0 aliphatic carbocycles. The maximum Gasteiger partial charge on any atom is 0.276 e. The van der Waals surface area contributed by atoms with Crippen LogP contribution in [0.3, 0.4) is 0 Å². The fourth-order valence-corrected chi connectivity index (χ4v) is 3.35. The van der Waals surface area contributed by atoms with Crippen LogP contribution in [0.5, 0.6) is 0 Å². The monoisotopic (exact) mass is 335 g/mol. The number of fused-ring (bicyclic) bond motifs is 1. The van der Waals surface area contributed by atoms with Gasteiger partial charge < -0.3 is 10.6 Å². The highest BCUT2D eigenvalue weighted by molar-refractivity contribution is 6.44. The summed E-state index contributed by atoms with van der Waals surface area (Å²) in [6.45, 7) is 0. The van der Waals surface area contributed by atoms with E-state index in [2.05, 4.69) is 5.16 Å². The van der Waals surface area contributed by atoms with Crippen LogP contribution in [0.1, 0.15) is 23.7 Å². The molecule has 2 aliphatic rings. The number of amides is 2. The summed E-state index contributed by atoms with van der Waals surface area (Å²) >= 11 is 0. The molecule has 0 fully saturated rings. The molecular weight excluding hydrogens is 318 g/mol. The van der Waals surface area contributed by atoms with Crippen LogP contribution in [-0.4, -0.2) is 23.6 Å². The van der Waals surface area contributed by atoms with E-state index in [1.54, 1.807) is 0 Å². The highest BCUT2D eigenvalue weighted by Gasteiger charge is 2.40. The predicted octanol–water partition coefficient (Wildman–Crippen LogP) is 1.95. The summed E-state index contributed by atoms with van der Waals surface area (Å²) in [5, 5.41) is 3.98. The Balaban J connectivity index is 1.59. The molecule has 2 heterocycles. The Hall–Kier alpha value is -3.15. The average Bonchev–Trinajstić information content (AvgIpc) is 3.27. The average molecular weight is 335 g/mol. The molecule has 2 atom stereocenters. The Morgan fingerprint density at radius 3 is 2.52 bits per heavy atom. The van der Waals surface area contributed by atoms with Crippen molar-refractivity contribution >= 4 is 23.2 Å². The Bertz CT molecular complexity index is 863. The molecule has 0 aromatic heterocycles. The number of benzene rings is 2. The van der Waals surface area contributed by atoms with Crippen LogP contribution in [0.2, 0.25) is 0 Å². The Morgan fingerprint density at radius 1 is 1.04 bits per heavy atom. The Labute approximate surface area is 144 Å². The maximum absolute atomic E-state index is 13.0. The SMILES string of the molecule is NC(=O)[C@@H]1Cc2ccccc2N1C(=O)C1=NOC(c2ccccc2)C1. The van der Waals surface area contributed by atoms with Gasteiger partial charge in [-0.2, -0.15) is 0 Å². The van der Waals surface area contributed by atoms with Crippen molar-refractivity contribution in [3.63, 3.8) is 0 Å². The number of rotatable bonds is 3. The molecule has 1 unspecified atom stereocenters. The van der Waals surface area contributed by atoms with Crippen molar-refractivity contribution in [2.45, 2.75) is 25.0 Å². The van der Waals surface area contributed by atoms with Crippen molar-refractivity contribution in [3.05, 3.63) is 65.7 Å². The number of nitrogens with zero attached hydrogens (tertiary/aromatic N) is 2. The minimum absolute atomic E-state index is 0.287. The van der Waals surface area contributed by atoms with E-state index in [1.807, 2.05) is 54.6 Å². The number of hydrogen-bond donors (Lipinski definition) is 1. The third kappa shape index (κ3) is 2.65. The highest BCUT2D eigenvalue weighted by Crippen LogP contribution is 2.34. The van der Waals surface area contributed by atoms with Gasteiger partial charge in [0, 0.05) is 18.5 Å². The van der Waals surface area contributed by atoms with Gasteiger partial charge in [0.1, 0.15) is 11.8 Å². The van der Waals surface area contributed by atoms with E-state index in [0.29, 0.717) is 24.2 Å². The molecule has 0 bridgehead atoms. The van der Waals surface area contributed by atoms with Gasteiger partial charge in [0.05, 0.1) is 0 Å². The second kappa shape index (κ2) is 6.05. The van der Waals surface area contributed by atoms with E-state index < -0.39 is 11.9 Å². The van der Waals surface area contributed by atoms with Crippen molar-refractivity contribution in [2.75, 3.05) is 4.90 Å². The van der Waals surface area contributed by atoms with Gasteiger partial charge in [0.2, 0.25) is 5.91 Å². The van der Waals surface area contributed by atoms with E-state index in [-0.39, 0.29) is 12.0 Å². The van der Waals surface area contributed by atoms with Crippen LogP contribution in [0.4, 0.5) is 5.69 Å². The van der Waals surface area contributed by atoms with Crippen molar-refractivity contribution in [1.29, 1.82) is 0 Å². The summed E-state index contributed by atoms with van der Waals surface area (Å²) < 4.78 is 0. The first-order valence-electron chi connectivity index (χ1n) is 8.13. The minimum Gasteiger partial charge on any atom is -0.387 e. The number of carbonyl (C=O) groups is 2. The van der Waals surface area contributed by atoms with E-state index in [4.69, 9.17) is 10.6 Å². The molecule has 126 valence electrons. The van der Waals surface area contributed by atoms with Crippen molar-refractivity contribution in [1.82, 2.24) is 0 Å². The number of nitrogens with two attached hydrogens (primary N) is 1. The number of primary amides is 1. The van der Waals surface area contributed by atoms with Gasteiger partial charge in [0.25, 0.3) is 5.91 Å². The lowest BCUT2D eigenvalue weighted by Gasteiger charge is -2.22. The molecule has 6 heteroatoms. The molecule has 0 saturated heterocycles. The van der Waals surface area contributed by atoms with Gasteiger partial charge in [0.15, 0.2) is 6.10 Å². The van der Waals surface area contributed by atoms with E-state index in [0.717, 1.165) is 11.1 Å². The van der Waals surface area contributed by atoms with Gasteiger partial charge in [-0.15, -0.1) is 0 Å². The quantitative estimate of drug-likeness (QED) is 0.930. The van der Waals surface area contributed by atoms with Crippen LogP contribution >= 0.6 is 0 Å². The first kappa shape index (κ1) is 15.4. The second-order valence-corrected chi connectivity index (χ2v) is 6.17. The molecule has 2 N–H and O–H groups in total. The highest BCUT2D eigenvalue weighted by atomic mass is 16.6. The second-order valence-electron chi connectivity index (χ2n) is 6.17. The van der Waals surface area contributed by atoms with Crippen LogP contribution in [-0.2, 0) is 20.8 Å². The first-order valence-corrected chi connectivity index (χ1v) is 8.13. The fourth-order valence-electron chi connectivity index (χ4n) is 3.35. The van der Waals surface area contributed by atoms with Gasteiger partial charge in [-0.3, -0.25) is 14.5 Å². The van der Waals surface area contributed by atoms with E-state index in [9.17, 15) is 9.59 Å². The van der Waals surface area contributed by atoms with Crippen LogP contribution in [0.15, 0.2) is 59.8 Å². The first-order chi connectivity index (χ1) is 12.1. The van der Waals surface area contributed by atoms with Crippen molar-refractivity contribution in [2.24, 2.45) is 10.9 Å². The number of para-hydroxylation sites is 1. The molecule has 2 aromatic carbocycles. The maximum atomic E-state index is 13.0. The number of oxime groups is 1. The smallest absolute Gasteiger partial charge is 0.276 e. The van der Waals surface area contributed by atoms with Gasteiger partial charge in [-0.05, 0) is 17.2 Å². The van der Waals surface area contributed by atoms with E-state index >= 15 is 0 Å². The molecule has 0 radical (unpaired) electrons. The van der Waals surface area contributed by atoms with Crippen molar-refractivity contribution < 1.29 is 14.4 Å². The molecule has 2 aromatic rings. The fraction of sp³-hybridized carbons (Fsp3) is 0.211. The topological polar surface area (TPSA) is 85.0 Å². The third-order valence-electron chi connectivity index (χ3n) is 4.61. The summed E-state index contributed by atoms with van der Waals surface area (Å²) in [4.78, 5) is 31.7. The molecule has 25 heavy (non-hydrogen) atoms. The molecule has 2 amide bonds. The molecular formula is C19H17N3O3. The minimum atomic E-state index is -0.691. The lowest BCUT2D eigenvalue weighted by molar-refractivity contribution is -0.121. The van der Waals surface area contributed by atoms with Gasteiger partial charge >= 0.3 is 0 Å². The summed E-state index contributed by atoms with van der Waals surface area (Å²) in [7, 11) is 0. The zero-order valence-corrected chi connectivity index (χ0v) is 13.5. The molecule has 4 rings (SSSR count). The van der Waals surface area contributed by atoms with Crippen LogP contribution in [0, 0.1) is 0 Å². The Morgan fingerprint density at radius 2 is 1.76 bits per heavy atom. The lowest BCUT2D eigenvalue weighted by atomic mass is 10.0. The normalized spacial score (nSPS) is 21.4. The van der Waals surface area contributed by atoms with E-state index in [1.165, 1.54) is 4.90 Å². The Kier molecular flexibility index (Phi) is 3.72. The lowest BCUT2D eigenvalue weighted by Crippen LogP contribution is -2.48. The summed E-state index contributed by atoms with van der Waals surface area (Å²) in [5.41, 5.74) is 8.42. The summed E-state index contributed by atoms with van der Waals surface area (Å²) in [6, 6.07) is 16.4. The zero-order valence-electron chi connectivity index (χ0n) is 13.5.